The Morgan fingerprint density at radius 1 is 0.806 bits per heavy atom. The van der Waals surface area contributed by atoms with Gasteiger partial charge in [0.25, 0.3) is 0 Å². The van der Waals surface area contributed by atoms with Crippen LogP contribution < -0.4 is 19.9 Å². The van der Waals surface area contributed by atoms with E-state index in [4.69, 9.17) is 9.47 Å². The molecular formula is C29H34O2. The first-order chi connectivity index (χ1) is 14.5. The third-order valence-electron chi connectivity index (χ3n) is 6.80. The molecule has 2 nitrogen and oxygen atoms in total. The number of fused-ring (bicyclic) bond motifs is 2. The Morgan fingerprint density at radius 3 is 2.00 bits per heavy atom. The summed E-state index contributed by atoms with van der Waals surface area (Å²) in [6, 6.07) is 13.1. The van der Waals surface area contributed by atoms with Gasteiger partial charge in [0.1, 0.15) is 11.5 Å². The highest BCUT2D eigenvalue weighted by molar-refractivity contribution is 5.89. The summed E-state index contributed by atoms with van der Waals surface area (Å²) in [5, 5.41) is 2.63. The second-order valence-corrected chi connectivity index (χ2v) is 10.8. The SMILES string of the molecule is COc1cc(OC)cc(C2(C(C)(C)C)C=CC3=c4ccc(C(C)(C)C)cc4=CC3=C2)c1. The van der Waals surface area contributed by atoms with Crippen LogP contribution in [0.2, 0.25) is 0 Å². The monoisotopic (exact) mass is 414 g/mol. The van der Waals surface area contributed by atoms with Gasteiger partial charge in [-0.1, -0.05) is 78.0 Å². The minimum atomic E-state index is -0.279. The van der Waals surface area contributed by atoms with E-state index in [1.54, 1.807) is 14.2 Å². The van der Waals surface area contributed by atoms with E-state index in [9.17, 15) is 0 Å². The molecule has 1 atom stereocenters. The number of benzene rings is 2. The first-order valence-electron chi connectivity index (χ1n) is 11.0. The van der Waals surface area contributed by atoms with Crippen molar-refractivity contribution in [1.29, 1.82) is 0 Å². The van der Waals surface area contributed by atoms with Crippen LogP contribution in [0.5, 0.6) is 11.5 Å². The van der Waals surface area contributed by atoms with Gasteiger partial charge in [-0.3, -0.25) is 0 Å². The highest BCUT2D eigenvalue weighted by atomic mass is 16.5. The number of hydrogen-bond donors (Lipinski definition) is 0. The van der Waals surface area contributed by atoms with Gasteiger partial charge in [-0.2, -0.15) is 0 Å². The Bertz CT molecular complexity index is 1190. The number of methoxy groups -OCH3 is 2. The fourth-order valence-corrected chi connectivity index (χ4v) is 4.73. The lowest BCUT2D eigenvalue weighted by Crippen LogP contribution is -2.38. The smallest absolute Gasteiger partial charge is 0.122 e. The molecule has 2 heteroatoms. The number of hydrogen-bond acceptors (Lipinski definition) is 2. The minimum absolute atomic E-state index is 0.0431. The Labute approximate surface area is 186 Å². The maximum absolute atomic E-state index is 5.59. The van der Waals surface area contributed by atoms with E-state index in [1.807, 2.05) is 6.07 Å². The zero-order valence-corrected chi connectivity index (χ0v) is 20.1. The summed E-state index contributed by atoms with van der Waals surface area (Å²) in [7, 11) is 3.41. The average Bonchev–Trinajstić information content (AvgIpc) is 3.08. The average molecular weight is 415 g/mol. The molecule has 0 amide bonds. The summed E-state index contributed by atoms with van der Waals surface area (Å²) < 4.78 is 11.2. The van der Waals surface area contributed by atoms with E-state index in [2.05, 4.69) is 96.2 Å². The molecular weight excluding hydrogens is 380 g/mol. The van der Waals surface area contributed by atoms with Crippen molar-refractivity contribution in [1.82, 2.24) is 0 Å². The normalized spacial score (nSPS) is 20.0. The van der Waals surface area contributed by atoms with Crippen LogP contribution in [-0.2, 0) is 10.8 Å². The molecule has 0 bridgehead atoms. The fourth-order valence-electron chi connectivity index (χ4n) is 4.73. The van der Waals surface area contributed by atoms with Gasteiger partial charge in [0.05, 0.1) is 14.2 Å². The highest BCUT2D eigenvalue weighted by Crippen LogP contribution is 2.49. The number of allylic oxidation sites excluding steroid dienone is 4. The lowest BCUT2D eigenvalue weighted by molar-refractivity contribution is 0.287. The zero-order chi connectivity index (χ0) is 22.6. The van der Waals surface area contributed by atoms with Gasteiger partial charge in [0.2, 0.25) is 0 Å². The quantitative estimate of drug-likeness (QED) is 0.667. The summed E-state index contributed by atoms with van der Waals surface area (Å²) >= 11 is 0. The second kappa shape index (κ2) is 7.15. The summed E-state index contributed by atoms with van der Waals surface area (Å²) in [6.07, 6.45) is 9.46. The lowest BCUT2D eigenvalue weighted by atomic mass is 9.60. The van der Waals surface area contributed by atoms with Crippen molar-refractivity contribution in [2.45, 2.75) is 52.4 Å². The molecule has 4 rings (SSSR count). The van der Waals surface area contributed by atoms with Crippen molar-refractivity contribution in [2.75, 3.05) is 14.2 Å². The van der Waals surface area contributed by atoms with Crippen molar-refractivity contribution in [3.8, 4) is 11.5 Å². The molecule has 0 N–H and O–H groups in total. The molecule has 0 aliphatic heterocycles. The molecule has 0 aromatic heterocycles. The third kappa shape index (κ3) is 3.52. The van der Waals surface area contributed by atoms with Gasteiger partial charge in [0, 0.05) is 11.5 Å². The summed E-state index contributed by atoms with van der Waals surface area (Å²) in [4.78, 5) is 0. The largest absolute Gasteiger partial charge is 0.497 e. The molecule has 162 valence electrons. The Morgan fingerprint density at radius 2 is 1.45 bits per heavy atom. The van der Waals surface area contributed by atoms with Crippen LogP contribution in [0, 0.1) is 5.41 Å². The number of rotatable bonds is 3. The molecule has 2 aliphatic rings. The van der Waals surface area contributed by atoms with Crippen LogP contribution in [0.15, 0.2) is 60.2 Å². The standard InChI is InChI=1S/C29H34O2/c1-27(2,3)21-9-10-25-19(14-21)13-20-18-29(28(4,5)6,12-11-26(20)25)22-15-23(30-7)17-24(16-22)31-8/h9-18H,1-8H3. The molecule has 2 aromatic rings. The maximum Gasteiger partial charge on any atom is 0.122 e. The topological polar surface area (TPSA) is 18.5 Å². The molecule has 2 aromatic carbocycles. The van der Waals surface area contributed by atoms with E-state index in [0.29, 0.717) is 0 Å². The van der Waals surface area contributed by atoms with E-state index in [-0.39, 0.29) is 16.2 Å². The minimum Gasteiger partial charge on any atom is -0.497 e. The molecule has 31 heavy (non-hydrogen) atoms. The van der Waals surface area contributed by atoms with E-state index in [0.717, 1.165) is 11.5 Å². The van der Waals surface area contributed by atoms with Crippen LogP contribution in [0.25, 0.3) is 11.6 Å². The predicted octanol–water partition coefficient (Wildman–Crippen LogP) is 5.43. The molecule has 1 unspecified atom stereocenters. The first-order valence-corrected chi connectivity index (χ1v) is 11.0. The van der Waals surface area contributed by atoms with Gasteiger partial charge in [-0.25, -0.2) is 0 Å². The van der Waals surface area contributed by atoms with Crippen molar-refractivity contribution in [2.24, 2.45) is 5.41 Å². The predicted molar refractivity (Wildman–Crippen MR) is 130 cm³/mol. The van der Waals surface area contributed by atoms with E-state index < -0.39 is 0 Å². The van der Waals surface area contributed by atoms with Gasteiger partial charge in [-0.05, 0) is 61.7 Å². The molecule has 0 radical (unpaired) electrons. The third-order valence-corrected chi connectivity index (χ3v) is 6.80. The van der Waals surface area contributed by atoms with Crippen molar-refractivity contribution in [3.63, 3.8) is 0 Å². The Kier molecular flexibility index (Phi) is 4.96. The summed E-state index contributed by atoms with van der Waals surface area (Å²) in [6.45, 7) is 13.7. The van der Waals surface area contributed by atoms with E-state index >= 15 is 0 Å². The van der Waals surface area contributed by atoms with Crippen molar-refractivity contribution < 1.29 is 9.47 Å². The van der Waals surface area contributed by atoms with Gasteiger partial charge >= 0.3 is 0 Å². The first kappa shape index (κ1) is 21.5. The van der Waals surface area contributed by atoms with Gasteiger partial charge in [0.15, 0.2) is 0 Å². The van der Waals surface area contributed by atoms with E-state index in [1.165, 1.54) is 32.7 Å². The fraction of sp³-hybridized carbons (Fsp3) is 0.379. The summed E-state index contributed by atoms with van der Waals surface area (Å²) in [5.74, 6) is 1.63. The van der Waals surface area contributed by atoms with Crippen molar-refractivity contribution in [3.05, 3.63) is 81.8 Å². The van der Waals surface area contributed by atoms with Crippen LogP contribution in [0.1, 0.15) is 52.7 Å². The highest BCUT2D eigenvalue weighted by Gasteiger charge is 2.42. The summed E-state index contributed by atoms with van der Waals surface area (Å²) in [5.41, 5.74) is 4.96. The number of ether oxygens (including phenoxy) is 2. The molecule has 0 saturated carbocycles. The zero-order valence-electron chi connectivity index (χ0n) is 20.1. The molecule has 0 heterocycles. The van der Waals surface area contributed by atoms with Crippen molar-refractivity contribution >= 4 is 11.6 Å². The van der Waals surface area contributed by atoms with Crippen LogP contribution in [-0.4, -0.2) is 14.2 Å². The molecule has 0 fully saturated rings. The van der Waals surface area contributed by atoms with Crippen LogP contribution >= 0.6 is 0 Å². The van der Waals surface area contributed by atoms with Crippen LogP contribution in [0.4, 0.5) is 0 Å². The van der Waals surface area contributed by atoms with Gasteiger partial charge < -0.3 is 9.47 Å². The second-order valence-electron chi connectivity index (χ2n) is 10.8. The van der Waals surface area contributed by atoms with Crippen LogP contribution in [0.3, 0.4) is 0 Å². The molecule has 2 aliphatic carbocycles. The Balaban J connectivity index is 1.94. The molecule has 0 saturated heterocycles. The lowest BCUT2D eigenvalue weighted by Gasteiger charge is -2.43. The molecule has 0 spiro atoms. The Hall–Kier alpha value is -2.74. The van der Waals surface area contributed by atoms with Gasteiger partial charge in [-0.15, -0.1) is 0 Å². The maximum atomic E-state index is 5.59.